The van der Waals surface area contributed by atoms with Crippen LogP contribution in [0.3, 0.4) is 0 Å². The van der Waals surface area contributed by atoms with Crippen LogP contribution in [-0.4, -0.2) is 8.42 Å². The third-order valence-electron chi connectivity index (χ3n) is 6.60. The summed E-state index contributed by atoms with van der Waals surface area (Å²) < 4.78 is 29.0. The maximum Gasteiger partial charge on any atom is 0.241 e. The predicted molar refractivity (Wildman–Crippen MR) is 154 cm³/mol. The van der Waals surface area contributed by atoms with Gasteiger partial charge in [-0.2, -0.15) is 0 Å². The van der Waals surface area contributed by atoms with Crippen molar-refractivity contribution in [2.75, 3.05) is 0 Å². The maximum atomic E-state index is 13.1. The Bertz CT molecular complexity index is 1370. The second-order valence-electron chi connectivity index (χ2n) is 9.79. The number of benzene rings is 4. The molecule has 0 aliphatic heterocycles. The van der Waals surface area contributed by atoms with Gasteiger partial charge in [0.05, 0.1) is 17.0 Å². The standard InChI is InChI=1S/C22H24N2O2S.C10H14.Ru/c1-16-13-17(2)15-20(14-16)27(25,26)24-22(19-11-7-4-8-12-19)21(23)18-9-5-3-6-10-18;1-7-5-9(3)10(4)6-8(7)2;/h3-15,21-22,24H,23H2,1-2H3;5-6H,1-4H3;/t21-,22-;;/m0../s1. The molecule has 202 valence electrons. The number of aryl methyl sites for hydroxylation is 6. The Morgan fingerprint density at radius 3 is 1.42 bits per heavy atom. The first-order valence-electron chi connectivity index (χ1n) is 12.5. The molecule has 0 amide bonds. The van der Waals surface area contributed by atoms with Crippen molar-refractivity contribution in [3.63, 3.8) is 0 Å². The average Bonchev–Trinajstić information content (AvgIpc) is 2.87. The summed E-state index contributed by atoms with van der Waals surface area (Å²) in [7, 11) is -3.74. The zero-order chi connectivity index (χ0) is 27.2. The summed E-state index contributed by atoms with van der Waals surface area (Å²) in [6.45, 7) is 12.4. The molecule has 0 fully saturated rings. The van der Waals surface area contributed by atoms with E-state index < -0.39 is 22.1 Å². The second kappa shape index (κ2) is 14.0. The molecule has 6 heteroatoms. The number of hydrogen-bond donors (Lipinski definition) is 2. The molecular weight excluding hydrogens is 578 g/mol. The summed E-state index contributed by atoms with van der Waals surface area (Å²) in [5.41, 5.74) is 15.6. The van der Waals surface area contributed by atoms with Crippen LogP contribution >= 0.6 is 0 Å². The van der Waals surface area contributed by atoms with E-state index >= 15 is 0 Å². The van der Waals surface area contributed by atoms with E-state index in [0.29, 0.717) is 0 Å². The normalized spacial score (nSPS) is 12.5. The Morgan fingerprint density at radius 1 is 0.605 bits per heavy atom. The summed E-state index contributed by atoms with van der Waals surface area (Å²) >= 11 is 0. The number of rotatable bonds is 6. The minimum absolute atomic E-state index is 0. The molecule has 0 unspecified atom stereocenters. The monoisotopic (exact) mass is 616 g/mol. The van der Waals surface area contributed by atoms with Gasteiger partial charge in [-0.15, -0.1) is 0 Å². The van der Waals surface area contributed by atoms with Crippen molar-refractivity contribution in [1.82, 2.24) is 4.72 Å². The first-order valence-corrected chi connectivity index (χ1v) is 14.0. The summed E-state index contributed by atoms with van der Waals surface area (Å²) in [5, 5.41) is 0. The van der Waals surface area contributed by atoms with Crippen LogP contribution < -0.4 is 10.5 Å². The zero-order valence-electron chi connectivity index (χ0n) is 23.0. The van der Waals surface area contributed by atoms with Crippen LogP contribution in [0, 0.1) is 41.5 Å². The van der Waals surface area contributed by atoms with E-state index in [1.165, 1.54) is 22.3 Å². The van der Waals surface area contributed by atoms with Crippen molar-refractivity contribution >= 4 is 10.0 Å². The van der Waals surface area contributed by atoms with Crippen LogP contribution in [0.5, 0.6) is 0 Å². The summed E-state index contributed by atoms with van der Waals surface area (Å²) in [5.74, 6) is 0. The van der Waals surface area contributed by atoms with Crippen LogP contribution in [0.4, 0.5) is 0 Å². The quantitative estimate of drug-likeness (QED) is 0.231. The van der Waals surface area contributed by atoms with Crippen LogP contribution in [-0.2, 0) is 29.5 Å². The molecule has 0 radical (unpaired) electrons. The molecule has 38 heavy (non-hydrogen) atoms. The van der Waals surface area contributed by atoms with E-state index in [1.807, 2.05) is 80.6 Å². The number of hydrogen-bond acceptors (Lipinski definition) is 3. The summed E-state index contributed by atoms with van der Waals surface area (Å²) in [4.78, 5) is 0.251. The zero-order valence-corrected chi connectivity index (χ0v) is 25.5. The van der Waals surface area contributed by atoms with Crippen LogP contribution in [0.2, 0.25) is 0 Å². The van der Waals surface area contributed by atoms with Crippen molar-refractivity contribution in [3.8, 4) is 0 Å². The fourth-order valence-electron chi connectivity index (χ4n) is 4.30. The molecule has 0 spiro atoms. The van der Waals surface area contributed by atoms with Crippen LogP contribution in [0.1, 0.15) is 56.6 Å². The predicted octanol–water partition coefficient (Wildman–Crippen LogP) is 6.94. The van der Waals surface area contributed by atoms with E-state index in [4.69, 9.17) is 5.73 Å². The molecule has 4 nitrogen and oxygen atoms in total. The van der Waals surface area contributed by atoms with Crippen LogP contribution in [0.25, 0.3) is 0 Å². The molecule has 4 aromatic rings. The third-order valence-corrected chi connectivity index (χ3v) is 8.02. The minimum atomic E-state index is -3.74. The molecule has 2 atom stereocenters. The van der Waals surface area contributed by atoms with Gasteiger partial charge in [0, 0.05) is 19.5 Å². The summed E-state index contributed by atoms with van der Waals surface area (Å²) in [6, 6.07) is 27.6. The molecule has 3 N–H and O–H groups in total. The van der Waals surface area contributed by atoms with Gasteiger partial charge in [0.15, 0.2) is 0 Å². The minimum Gasteiger partial charge on any atom is -0.322 e. The van der Waals surface area contributed by atoms with Crippen molar-refractivity contribution in [2.45, 2.75) is 58.5 Å². The van der Waals surface area contributed by atoms with Gasteiger partial charge in [-0.25, -0.2) is 13.1 Å². The van der Waals surface area contributed by atoms with E-state index in [0.717, 1.165) is 22.3 Å². The van der Waals surface area contributed by atoms with Crippen molar-refractivity contribution < 1.29 is 27.9 Å². The fourth-order valence-corrected chi connectivity index (χ4v) is 5.74. The van der Waals surface area contributed by atoms with Gasteiger partial charge < -0.3 is 5.73 Å². The molecule has 0 aliphatic carbocycles. The number of sulfonamides is 1. The average molecular weight is 616 g/mol. The number of nitrogens with two attached hydrogens (primary N) is 1. The second-order valence-corrected chi connectivity index (χ2v) is 11.5. The smallest absolute Gasteiger partial charge is 0.241 e. The Balaban J connectivity index is 0.000000389. The van der Waals surface area contributed by atoms with Gasteiger partial charge in [-0.3, -0.25) is 0 Å². The fraction of sp³-hybridized carbons (Fsp3) is 0.250. The third kappa shape index (κ3) is 8.44. The molecule has 0 bridgehead atoms. The van der Waals surface area contributed by atoms with E-state index in [9.17, 15) is 8.42 Å². The number of nitrogens with one attached hydrogen (secondary N) is 1. The Morgan fingerprint density at radius 2 is 1.00 bits per heavy atom. The van der Waals surface area contributed by atoms with Gasteiger partial charge >= 0.3 is 0 Å². The largest absolute Gasteiger partial charge is 0.322 e. The molecule has 0 aliphatic rings. The maximum absolute atomic E-state index is 13.1. The van der Waals surface area contributed by atoms with Crippen LogP contribution in [0.15, 0.2) is 95.9 Å². The Hall–Kier alpha value is -2.63. The van der Waals surface area contributed by atoms with Gasteiger partial charge in [0.2, 0.25) is 10.0 Å². The molecule has 0 aromatic heterocycles. The van der Waals surface area contributed by atoms with Gasteiger partial charge in [-0.1, -0.05) is 78.9 Å². The van der Waals surface area contributed by atoms with E-state index in [2.05, 4.69) is 44.5 Å². The molecule has 4 rings (SSSR count). The van der Waals surface area contributed by atoms with E-state index in [-0.39, 0.29) is 24.4 Å². The van der Waals surface area contributed by atoms with Crippen molar-refractivity contribution in [1.29, 1.82) is 0 Å². The Kier molecular flexibility index (Phi) is 11.6. The summed E-state index contributed by atoms with van der Waals surface area (Å²) in [6.07, 6.45) is 0. The molecule has 0 heterocycles. The topological polar surface area (TPSA) is 72.2 Å². The van der Waals surface area contributed by atoms with Crippen molar-refractivity contribution in [3.05, 3.63) is 136 Å². The first-order chi connectivity index (χ1) is 17.5. The van der Waals surface area contributed by atoms with Gasteiger partial charge in [0.25, 0.3) is 0 Å². The Labute approximate surface area is 241 Å². The first kappa shape index (κ1) is 31.6. The van der Waals surface area contributed by atoms with Crippen molar-refractivity contribution in [2.24, 2.45) is 5.73 Å². The molecular formula is C32H38N2O2RuS. The SMILES string of the molecule is Cc1cc(C)c(C)cc1C.Cc1cc(C)cc(S(=O)(=O)N[C@@H](c2ccccc2)[C@@H](N)c2ccccc2)c1.[Ru]. The van der Waals surface area contributed by atoms with Gasteiger partial charge in [-0.05, 0) is 98.2 Å². The molecule has 0 saturated heterocycles. The van der Waals surface area contributed by atoms with E-state index in [1.54, 1.807) is 12.1 Å². The molecule has 0 saturated carbocycles. The molecule has 4 aromatic carbocycles. The van der Waals surface area contributed by atoms with Gasteiger partial charge in [0.1, 0.15) is 0 Å².